The third kappa shape index (κ3) is 3.17. The Kier molecular flexibility index (Phi) is 3.81. The van der Waals surface area contributed by atoms with Crippen LogP contribution in [0.3, 0.4) is 0 Å². The minimum absolute atomic E-state index is 0.405. The predicted molar refractivity (Wildman–Crippen MR) is 88.6 cm³/mol. The van der Waals surface area contributed by atoms with E-state index < -0.39 is 5.91 Å². The van der Waals surface area contributed by atoms with E-state index in [1.807, 2.05) is 36.4 Å². The van der Waals surface area contributed by atoms with E-state index in [4.69, 9.17) is 11.5 Å². The van der Waals surface area contributed by atoms with Gasteiger partial charge in [0.1, 0.15) is 0 Å². The van der Waals surface area contributed by atoms with Crippen molar-refractivity contribution in [1.29, 1.82) is 0 Å². The lowest BCUT2D eigenvalue weighted by atomic mass is 10.1. The van der Waals surface area contributed by atoms with Gasteiger partial charge in [-0.1, -0.05) is 23.9 Å². The first-order valence-electron chi connectivity index (χ1n) is 6.29. The van der Waals surface area contributed by atoms with Crippen LogP contribution in [0.1, 0.15) is 15.9 Å². The minimum atomic E-state index is -0.405. The van der Waals surface area contributed by atoms with Crippen LogP contribution in [-0.4, -0.2) is 10.9 Å². The average molecular weight is 315 g/mol. The molecule has 0 bridgehead atoms. The standard InChI is InChI=1S/C15H13N3OS2/c16-11-4-5-12-13(7-11)21-15(18-12)20-8-9-2-1-3-10(6-9)14(17)19/h1-7H,8,16H2,(H2,17,19). The van der Waals surface area contributed by atoms with Crippen molar-refractivity contribution in [2.45, 2.75) is 10.1 Å². The lowest BCUT2D eigenvalue weighted by Crippen LogP contribution is -2.10. The van der Waals surface area contributed by atoms with E-state index in [1.165, 1.54) is 0 Å². The number of nitrogens with zero attached hydrogens (tertiary/aromatic N) is 1. The SMILES string of the molecule is NC(=O)c1cccc(CSc2nc3ccc(N)cc3s2)c1. The summed E-state index contributed by atoms with van der Waals surface area (Å²) < 4.78 is 2.07. The second-order valence-electron chi connectivity index (χ2n) is 4.56. The number of thioether (sulfide) groups is 1. The van der Waals surface area contributed by atoms with E-state index in [1.54, 1.807) is 29.2 Å². The van der Waals surface area contributed by atoms with Gasteiger partial charge in [-0.15, -0.1) is 11.3 Å². The molecule has 0 fully saturated rings. The smallest absolute Gasteiger partial charge is 0.248 e. The number of nitrogen functional groups attached to an aromatic ring is 1. The molecule has 21 heavy (non-hydrogen) atoms. The molecule has 2 aromatic carbocycles. The third-order valence-corrected chi connectivity index (χ3v) is 5.20. The van der Waals surface area contributed by atoms with E-state index in [0.29, 0.717) is 5.56 Å². The molecule has 3 aromatic rings. The summed E-state index contributed by atoms with van der Waals surface area (Å²) in [7, 11) is 0. The zero-order valence-electron chi connectivity index (χ0n) is 11.1. The molecule has 6 heteroatoms. The van der Waals surface area contributed by atoms with Crippen LogP contribution in [0.25, 0.3) is 10.2 Å². The molecule has 1 heterocycles. The highest BCUT2D eigenvalue weighted by Gasteiger charge is 2.06. The summed E-state index contributed by atoms with van der Waals surface area (Å²) in [6, 6.07) is 13.1. The number of hydrogen-bond acceptors (Lipinski definition) is 5. The second-order valence-corrected chi connectivity index (χ2v) is 6.81. The number of anilines is 1. The van der Waals surface area contributed by atoms with E-state index in [-0.39, 0.29) is 0 Å². The second kappa shape index (κ2) is 5.75. The molecule has 0 atom stereocenters. The quantitative estimate of drug-likeness (QED) is 0.572. The number of thiazole rings is 1. The summed E-state index contributed by atoms with van der Waals surface area (Å²) in [5.41, 5.74) is 14.4. The van der Waals surface area contributed by atoms with Gasteiger partial charge in [-0.2, -0.15) is 0 Å². The van der Waals surface area contributed by atoms with E-state index in [9.17, 15) is 4.79 Å². The summed E-state index contributed by atoms with van der Waals surface area (Å²) in [6.07, 6.45) is 0. The highest BCUT2D eigenvalue weighted by Crippen LogP contribution is 2.32. The fourth-order valence-electron chi connectivity index (χ4n) is 1.94. The molecule has 0 aliphatic rings. The van der Waals surface area contributed by atoms with Gasteiger partial charge in [0.15, 0.2) is 4.34 Å². The van der Waals surface area contributed by atoms with Crippen molar-refractivity contribution < 1.29 is 4.79 Å². The molecule has 106 valence electrons. The van der Waals surface area contributed by atoms with Crippen molar-refractivity contribution in [3.63, 3.8) is 0 Å². The maximum Gasteiger partial charge on any atom is 0.248 e. The largest absolute Gasteiger partial charge is 0.399 e. The van der Waals surface area contributed by atoms with Crippen molar-refractivity contribution in [3.8, 4) is 0 Å². The minimum Gasteiger partial charge on any atom is -0.399 e. The van der Waals surface area contributed by atoms with Gasteiger partial charge in [0.2, 0.25) is 5.91 Å². The lowest BCUT2D eigenvalue weighted by Gasteiger charge is -2.01. The van der Waals surface area contributed by atoms with Crippen LogP contribution in [0.15, 0.2) is 46.8 Å². The first-order valence-corrected chi connectivity index (χ1v) is 8.09. The van der Waals surface area contributed by atoms with Crippen LogP contribution in [0.5, 0.6) is 0 Å². The molecule has 0 aliphatic heterocycles. The highest BCUT2D eigenvalue weighted by molar-refractivity contribution is 8.00. The molecule has 4 N–H and O–H groups in total. The van der Waals surface area contributed by atoms with Crippen LogP contribution < -0.4 is 11.5 Å². The first kappa shape index (κ1) is 13.9. The topological polar surface area (TPSA) is 82.0 Å². The van der Waals surface area contributed by atoms with Gasteiger partial charge in [0.05, 0.1) is 10.2 Å². The van der Waals surface area contributed by atoms with Crippen LogP contribution in [0, 0.1) is 0 Å². The van der Waals surface area contributed by atoms with Crippen LogP contribution in [0.4, 0.5) is 5.69 Å². The number of benzene rings is 2. The summed E-state index contributed by atoms with van der Waals surface area (Å²) in [5.74, 6) is 0.341. The van der Waals surface area contributed by atoms with Crippen molar-refractivity contribution in [2.75, 3.05) is 5.73 Å². The predicted octanol–water partition coefficient (Wildman–Crippen LogP) is 3.27. The summed E-state index contributed by atoms with van der Waals surface area (Å²) in [4.78, 5) is 15.7. The lowest BCUT2D eigenvalue weighted by molar-refractivity contribution is 0.1000. The Morgan fingerprint density at radius 1 is 1.24 bits per heavy atom. The molecule has 1 aromatic heterocycles. The van der Waals surface area contributed by atoms with Gasteiger partial charge < -0.3 is 11.5 Å². The van der Waals surface area contributed by atoms with Crippen molar-refractivity contribution in [2.24, 2.45) is 5.73 Å². The van der Waals surface area contributed by atoms with E-state index >= 15 is 0 Å². The maximum atomic E-state index is 11.2. The third-order valence-electron chi connectivity index (χ3n) is 2.97. The maximum absolute atomic E-state index is 11.2. The van der Waals surface area contributed by atoms with Gasteiger partial charge >= 0.3 is 0 Å². The number of fused-ring (bicyclic) bond motifs is 1. The van der Waals surface area contributed by atoms with Crippen LogP contribution in [0.2, 0.25) is 0 Å². The van der Waals surface area contributed by atoms with E-state index in [0.717, 1.165) is 31.6 Å². The monoisotopic (exact) mass is 315 g/mol. The number of rotatable bonds is 4. The Hall–Kier alpha value is -2.05. The molecule has 4 nitrogen and oxygen atoms in total. The van der Waals surface area contributed by atoms with E-state index in [2.05, 4.69) is 4.98 Å². The molecule has 0 spiro atoms. The number of carbonyl (C=O) groups is 1. The van der Waals surface area contributed by atoms with Gasteiger partial charge in [-0.3, -0.25) is 4.79 Å². The number of nitrogens with two attached hydrogens (primary N) is 2. The molecule has 0 aliphatic carbocycles. The Labute approximate surface area is 130 Å². The zero-order valence-corrected chi connectivity index (χ0v) is 12.7. The van der Waals surface area contributed by atoms with Gasteiger partial charge in [0, 0.05) is 17.0 Å². The molecule has 3 rings (SSSR count). The number of aromatic nitrogens is 1. The average Bonchev–Trinajstić information content (AvgIpc) is 2.87. The molecule has 0 unspecified atom stereocenters. The molecule has 1 amide bonds. The van der Waals surface area contributed by atoms with Gasteiger partial charge in [0.25, 0.3) is 0 Å². The highest BCUT2D eigenvalue weighted by atomic mass is 32.2. The zero-order chi connectivity index (χ0) is 14.8. The Morgan fingerprint density at radius 3 is 2.90 bits per heavy atom. The first-order chi connectivity index (χ1) is 10.1. The summed E-state index contributed by atoms with van der Waals surface area (Å²) in [5, 5.41) is 0. The number of amides is 1. The Balaban J connectivity index is 1.77. The summed E-state index contributed by atoms with van der Waals surface area (Å²) >= 11 is 3.26. The number of primary amides is 1. The van der Waals surface area contributed by atoms with Crippen molar-refractivity contribution in [1.82, 2.24) is 4.98 Å². The molecule has 0 saturated heterocycles. The van der Waals surface area contributed by atoms with Gasteiger partial charge in [-0.25, -0.2) is 4.98 Å². The normalized spacial score (nSPS) is 10.9. The summed E-state index contributed by atoms with van der Waals surface area (Å²) in [6.45, 7) is 0. The van der Waals surface area contributed by atoms with Gasteiger partial charge in [-0.05, 0) is 35.9 Å². The van der Waals surface area contributed by atoms with Crippen molar-refractivity contribution >= 4 is 44.9 Å². The fraction of sp³-hybridized carbons (Fsp3) is 0.0667. The van der Waals surface area contributed by atoms with Crippen LogP contribution >= 0.6 is 23.1 Å². The Bertz CT molecular complexity index is 814. The molecular weight excluding hydrogens is 302 g/mol. The molecule has 0 saturated carbocycles. The van der Waals surface area contributed by atoms with Crippen LogP contribution in [-0.2, 0) is 5.75 Å². The Morgan fingerprint density at radius 2 is 2.10 bits per heavy atom. The number of carbonyl (C=O) groups excluding carboxylic acids is 1. The van der Waals surface area contributed by atoms with Crippen molar-refractivity contribution in [3.05, 3.63) is 53.6 Å². The fourth-order valence-corrected chi connectivity index (χ4v) is 4.00. The molecule has 0 radical (unpaired) electrons. The number of hydrogen-bond donors (Lipinski definition) is 2. The molecular formula is C15H13N3OS2.